The first-order valence-electron chi connectivity index (χ1n) is 5.81. The van der Waals surface area contributed by atoms with E-state index < -0.39 is 5.91 Å². The second kappa shape index (κ2) is 5.90. The van der Waals surface area contributed by atoms with Gasteiger partial charge in [0.1, 0.15) is 5.76 Å². The molecule has 1 atom stereocenters. The Bertz CT molecular complexity index is 531. The topological polar surface area (TPSA) is 84.5 Å². The molecule has 0 saturated carbocycles. The Labute approximate surface area is 109 Å². The Morgan fingerprint density at radius 2 is 1.95 bits per heavy atom. The van der Waals surface area contributed by atoms with Gasteiger partial charge in [-0.1, -0.05) is 0 Å². The van der Waals surface area contributed by atoms with Crippen LogP contribution in [0.1, 0.15) is 29.3 Å². The second-order valence-electron chi connectivity index (χ2n) is 3.96. The largest absolute Gasteiger partial charge is 0.467 e. The van der Waals surface area contributed by atoms with Crippen LogP contribution in [0.25, 0.3) is 0 Å². The highest BCUT2D eigenvalue weighted by Crippen LogP contribution is 2.11. The van der Waals surface area contributed by atoms with E-state index in [9.17, 15) is 9.59 Å². The second-order valence-corrected chi connectivity index (χ2v) is 3.96. The molecule has 2 rings (SSSR count). The predicted molar refractivity (Wildman–Crippen MR) is 66.3 cm³/mol. The lowest BCUT2D eigenvalue weighted by atomic mass is 10.2. The highest BCUT2D eigenvalue weighted by atomic mass is 16.3. The average Bonchev–Trinajstić information content (AvgIpc) is 3.07. The molecular formula is C13H14N2O4. The Morgan fingerprint density at radius 1 is 1.21 bits per heavy atom. The normalized spacial score (nSPS) is 11.8. The van der Waals surface area contributed by atoms with Gasteiger partial charge in [-0.3, -0.25) is 9.59 Å². The Morgan fingerprint density at radius 3 is 2.58 bits per heavy atom. The van der Waals surface area contributed by atoms with Gasteiger partial charge in [0.05, 0.1) is 25.1 Å². The minimum atomic E-state index is -0.425. The molecule has 2 aromatic rings. The van der Waals surface area contributed by atoms with E-state index in [2.05, 4.69) is 10.6 Å². The van der Waals surface area contributed by atoms with Crippen molar-refractivity contribution in [2.75, 3.05) is 6.54 Å². The summed E-state index contributed by atoms with van der Waals surface area (Å²) in [7, 11) is 0. The molecule has 0 saturated heterocycles. The van der Waals surface area contributed by atoms with Crippen LogP contribution >= 0.6 is 0 Å². The standard InChI is InChI=1S/C13H14N2O4/c1-9(10-4-2-6-18-10)15-12(16)8-14-13(17)11-5-3-7-19-11/h2-7,9H,8H2,1H3,(H,14,17)(H,15,16)/t9-/m0/s1. The lowest BCUT2D eigenvalue weighted by Gasteiger charge is -2.11. The summed E-state index contributed by atoms with van der Waals surface area (Å²) in [6.07, 6.45) is 2.94. The van der Waals surface area contributed by atoms with Crippen molar-refractivity contribution in [1.82, 2.24) is 10.6 Å². The van der Waals surface area contributed by atoms with Crippen LogP contribution < -0.4 is 10.6 Å². The van der Waals surface area contributed by atoms with E-state index in [1.54, 1.807) is 25.1 Å². The zero-order valence-electron chi connectivity index (χ0n) is 10.4. The number of rotatable bonds is 5. The summed E-state index contributed by atoms with van der Waals surface area (Å²) in [6, 6.07) is 6.40. The molecule has 0 aliphatic carbocycles. The van der Waals surface area contributed by atoms with Gasteiger partial charge in [0, 0.05) is 0 Å². The van der Waals surface area contributed by atoms with Crippen molar-refractivity contribution in [3.8, 4) is 0 Å². The summed E-state index contributed by atoms with van der Waals surface area (Å²) in [4.78, 5) is 23.1. The molecular weight excluding hydrogens is 248 g/mol. The summed E-state index contributed by atoms with van der Waals surface area (Å²) < 4.78 is 10.1. The minimum Gasteiger partial charge on any atom is -0.467 e. The molecule has 0 spiro atoms. The number of nitrogens with one attached hydrogen (secondary N) is 2. The van der Waals surface area contributed by atoms with E-state index in [-0.39, 0.29) is 24.3 Å². The van der Waals surface area contributed by atoms with Crippen LogP contribution in [0, 0.1) is 0 Å². The van der Waals surface area contributed by atoms with Gasteiger partial charge in [-0.2, -0.15) is 0 Å². The molecule has 0 radical (unpaired) electrons. The van der Waals surface area contributed by atoms with Gasteiger partial charge < -0.3 is 19.5 Å². The van der Waals surface area contributed by atoms with E-state index in [1.165, 1.54) is 18.6 Å². The quantitative estimate of drug-likeness (QED) is 0.854. The molecule has 2 aromatic heterocycles. The van der Waals surface area contributed by atoms with Crippen molar-refractivity contribution in [1.29, 1.82) is 0 Å². The van der Waals surface area contributed by atoms with E-state index in [0.717, 1.165) is 0 Å². The van der Waals surface area contributed by atoms with Crippen molar-refractivity contribution < 1.29 is 18.4 Å². The molecule has 2 amide bonds. The zero-order chi connectivity index (χ0) is 13.7. The van der Waals surface area contributed by atoms with Crippen LogP contribution in [0.15, 0.2) is 45.6 Å². The predicted octanol–water partition coefficient (Wildman–Crippen LogP) is 1.48. The van der Waals surface area contributed by atoms with E-state index >= 15 is 0 Å². The van der Waals surface area contributed by atoms with Crippen molar-refractivity contribution in [2.24, 2.45) is 0 Å². The Balaban J connectivity index is 1.77. The number of hydrogen-bond acceptors (Lipinski definition) is 4. The SMILES string of the molecule is C[C@H](NC(=O)CNC(=O)c1ccco1)c1ccco1. The minimum absolute atomic E-state index is 0.120. The van der Waals surface area contributed by atoms with Gasteiger partial charge >= 0.3 is 0 Å². The number of amides is 2. The third-order valence-electron chi connectivity index (χ3n) is 2.50. The third-order valence-corrected chi connectivity index (χ3v) is 2.50. The maximum Gasteiger partial charge on any atom is 0.287 e. The maximum absolute atomic E-state index is 11.6. The molecule has 0 aromatic carbocycles. The number of hydrogen-bond donors (Lipinski definition) is 2. The maximum atomic E-state index is 11.6. The average molecular weight is 262 g/mol. The lowest BCUT2D eigenvalue weighted by Crippen LogP contribution is -2.37. The van der Waals surface area contributed by atoms with E-state index in [4.69, 9.17) is 8.83 Å². The molecule has 6 nitrogen and oxygen atoms in total. The molecule has 0 aliphatic rings. The summed E-state index contributed by atoms with van der Waals surface area (Å²) >= 11 is 0. The fraction of sp³-hybridized carbons (Fsp3) is 0.231. The van der Waals surface area contributed by atoms with Gasteiger partial charge in [0.25, 0.3) is 5.91 Å². The summed E-state index contributed by atoms with van der Waals surface area (Å²) in [5.74, 6) is 0.104. The summed E-state index contributed by atoms with van der Waals surface area (Å²) in [5, 5.41) is 5.17. The molecule has 0 aliphatic heterocycles. The molecule has 0 bridgehead atoms. The van der Waals surface area contributed by atoms with Crippen molar-refractivity contribution in [3.63, 3.8) is 0 Å². The molecule has 2 heterocycles. The first kappa shape index (κ1) is 12.9. The molecule has 2 N–H and O–H groups in total. The molecule has 19 heavy (non-hydrogen) atoms. The van der Waals surface area contributed by atoms with Gasteiger partial charge in [-0.15, -0.1) is 0 Å². The summed E-state index contributed by atoms with van der Waals surface area (Å²) in [6.45, 7) is 1.68. The van der Waals surface area contributed by atoms with Crippen LogP contribution in [-0.4, -0.2) is 18.4 Å². The third kappa shape index (κ3) is 3.48. The molecule has 0 unspecified atom stereocenters. The van der Waals surface area contributed by atoms with Crippen molar-refractivity contribution in [3.05, 3.63) is 48.3 Å². The number of carbonyl (C=O) groups excluding carboxylic acids is 2. The smallest absolute Gasteiger partial charge is 0.287 e. The first-order chi connectivity index (χ1) is 9.16. The van der Waals surface area contributed by atoms with Gasteiger partial charge in [0.15, 0.2) is 5.76 Å². The van der Waals surface area contributed by atoms with Crippen LogP contribution in [0.3, 0.4) is 0 Å². The Kier molecular flexibility index (Phi) is 4.02. The van der Waals surface area contributed by atoms with Crippen LogP contribution in [0.2, 0.25) is 0 Å². The molecule has 100 valence electrons. The van der Waals surface area contributed by atoms with E-state index in [0.29, 0.717) is 5.76 Å². The van der Waals surface area contributed by atoms with Crippen LogP contribution in [0.4, 0.5) is 0 Å². The zero-order valence-corrected chi connectivity index (χ0v) is 10.4. The number of furan rings is 2. The first-order valence-corrected chi connectivity index (χ1v) is 5.81. The highest BCUT2D eigenvalue weighted by molar-refractivity contribution is 5.94. The Hall–Kier alpha value is -2.50. The molecule has 6 heteroatoms. The lowest BCUT2D eigenvalue weighted by molar-refractivity contribution is -0.120. The van der Waals surface area contributed by atoms with Gasteiger partial charge in [-0.25, -0.2) is 0 Å². The summed E-state index contributed by atoms with van der Waals surface area (Å²) in [5.41, 5.74) is 0. The van der Waals surface area contributed by atoms with Gasteiger partial charge in [-0.05, 0) is 31.2 Å². The van der Waals surface area contributed by atoms with Crippen LogP contribution in [0.5, 0.6) is 0 Å². The fourth-order valence-electron chi connectivity index (χ4n) is 1.56. The monoisotopic (exact) mass is 262 g/mol. The number of carbonyl (C=O) groups is 2. The molecule has 0 fully saturated rings. The van der Waals surface area contributed by atoms with E-state index in [1.807, 2.05) is 0 Å². The van der Waals surface area contributed by atoms with Crippen molar-refractivity contribution in [2.45, 2.75) is 13.0 Å². The van der Waals surface area contributed by atoms with Crippen molar-refractivity contribution >= 4 is 11.8 Å². The highest BCUT2D eigenvalue weighted by Gasteiger charge is 2.13. The van der Waals surface area contributed by atoms with Crippen LogP contribution in [-0.2, 0) is 4.79 Å². The van der Waals surface area contributed by atoms with Gasteiger partial charge in [0.2, 0.25) is 5.91 Å². The fourth-order valence-corrected chi connectivity index (χ4v) is 1.56.